The molecule has 1 N–H and O–H groups in total. The SMILES string of the molecule is COc1ccc(C(O[C@H]2[C@H](F)[C@H](n3cc(F)c(=O)[nH]c3=O)O[C@@H]2CO[Si](C)(C)C(C)(C)C)(c2ccccc2)c2ccccc2)cc1. The highest BCUT2D eigenvalue weighted by atomic mass is 28.4. The quantitative estimate of drug-likeness (QED) is 0.160. The van der Waals surface area contributed by atoms with E-state index in [-0.39, 0.29) is 11.6 Å². The van der Waals surface area contributed by atoms with Crippen LogP contribution < -0.4 is 16.0 Å². The van der Waals surface area contributed by atoms with E-state index in [9.17, 15) is 14.0 Å². The Morgan fingerprint density at radius 2 is 1.43 bits per heavy atom. The molecule has 0 aliphatic carbocycles. The molecule has 0 unspecified atom stereocenters. The highest BCUT2D eigenvalue weighted by molar-refractivity contribution is 6.74. The number of alkyl halides is 1. The van der Waals surface area contributed by atoms with E-state index in [0.717, 1.165) is 15.7 Å². The number of hydrogen-bond donors (Lipinski definition) is 1. The van der Waals surface area contributed by atoms with Crippen LogP contribution in [0.4, 0.5) is 8.78 Å². The molecule has 0 radical (unpaired) electrons. The molecule has 4 aromatic rings. The minimum absolute atomic E-state index is 0.0407. The molecule has 4 atom stereocenters. The number of benzene rings is 3. The lowest BCUT2D eigenvalue weighted by Crippen LogP contribution is -2.47. The van der Waals surface area contributed by atoms with Gasteiger partial charge in [-0.15, -0.1) is 0 Å². The van der Waals surface area contributed by atoms with Crippen molar-refractivity contribution >= 4 is 8.32 Å². The van der Waals surface area contributed by atoms with E-state index in [1.54, 1.807) is 19.2 Å². The zero-order chi connectivity index (χ0) is 33.3. The van der Waals surface area contributed by atoms with Gasteiger partial charge >= 0.3 is 5.69 Å². The average molecular weight is 651 g/mol. The smallest absolute Gasteiger partial charge is 0.330 e. The third-order valence-corrected chi connectivity index (χ3v) is 13.6. The zero-order valence-electron chi connectivity index (χ0n) is 26.8. The van der Waals surface area contributed by atoms with Gasteiger partial charge in [0.2, 0.25) is 5.82 Å². The first-order chi connectivity index (χ1) is 21.8. The highest BCUT2D eigenvalue weighted by Crippen LogP contribution is 2.46. The van der Waals surface area contributed by atoms with E-state index in [0.29, 0.717) is 17.5 Å². The zero-order valence-corrected chi connectivity index (χ0v) is 27.8. The fraction of sp³-hybridized carbons (Fsp3) is 0.371. The molecule has 0 bridgehead atoms. The molecule has 5 rings (SSSR count). The highest BCUT2D eigenvalue weighted by Gasteiger charge is 2.53. The average Bonchev–Trinajstić information content (AvgIpc) is 3.35. The molecule has 11 heteroatoms. The fourth-order valence-electron chi connectivity index (χ4n) is 5.43. The van der Waals surface area contributed by atoms with Crippen LogP contribution in [0.3, 0.4) is 0 Å². The Kier molecular flexibility index (Phi) is 9.51. The second-order valence-electron chi connectivity index (χ2n) is 12.9. The van der Waals surface area contributed by atoms with Crippen molar-refractivity contribution in [2.45, 2.75) is 69.1 Å². The molecular formula is C35H40F2N2O6Si. The molecule has 1 aliphatic rings. The molecular weight excluding hydrogens is 610 g/mol. The molecule has 1 aromatic heterocycles. The maximum absolute atomic E-state index is 17.0. The Morgan fingerprint density at radius 1 is 0.891 bits per heavy atom. The predicted octanol–water partition coefficient (Wildman–Crippen LogP) is 6.32. The summed E-state index contributed by atoms with van der Waals surface area (Å²) in [6.07, 6.45) is -5.23. The second-order valence-corrected chi connectivity index (χ2v) is 17.8. The van der Waals surface area contributed by atoms with Crippen LogP contribution in [0.1, 0.15) is 43.7 Å². The molecule has 1 fully saturated rings. The first-order valence-electron chi connectivity index (χ1n) is 15.2. The van der Waals surface area contributed by atoms with Crippen LogP contribution in [0.15, 0.2) is 101 Å². The van der Waals surface area contributed by atoms with Gasteiger partial charge < -0.3 is 18.6 Å². The lowest BCUT2D eigenvalue weighted by molar-refractivity contribution is -0.103. The first kappa shape index (κ1) is 33.5. The maximum atomic E-state index is 17.0. The summed E-state index contributed by atoms with van der Waals surface area (Å²) in [5.74, 6) is -0.610. The van der Waals surface area contributed by atoms with E-state index in [2.05, 4.69) is 33.9 Å². The molecule has 0 spiro atoms. The number of H-pyrrole nitrogens is 1. The lowest BCUT2D eigenvalue weighted by Gasteiger charge is -2.40. The fourth-order valence-corrected chi connectivity index (χ4v) is 6.44. The number of ether oxygens (including phenoxy) is 3. The third-order valence-electron chi connectivity index (χ3n) is 9.05. The van der Waals surface area contributed by atoms with Crippen molar-refractivity contribution in [1.29, 1.82) is 0 Å². The van der Waals surface area contributed by atoms with Gasteiger partial charge in [0.1, 0.15) is 23.6 Å². The van der Waals surface area contributed by atoms with Crippen LogP contribution in [-0.4, -0.2) is 50.0 Å². The predicted molar refractivity (Wildman–Crippen MR) is 174 cm³/mol. The van der Waals surface area contributed by atoms with Gasteiger partial charge in [0.15, 0.2) is 20.7 Å². The minimum Gasteiger partial charge on any atom is -0.497 e. The van der Waals surface area contributed by atoms with E-state index in [4.69, 9.17) is 18.6 Å². The molecule has 46 heavy (non-hydrogen) atoms. The standard InChI is InChI=1S/C35H40F2N2O6Si/c1-34(2,3)46(5,6)43-22-28-30(29(37)32(44-28)39-21-27(36)31(40)38-33(39)41)45-35(23-13-9-7-10-14-23,24-15-11-8-12-16-24)25-17-19-26(42-4)20-18-25/h7-21,28-30,32H,22H2,1-6H3,(H,38,40,41)/t28-,29+,30-,32-/m1/s1. The summed E-state index contributed by atoms with van der Waals surface area (Å²) in [7, 11) is -0.787. The van der Waals surface area contributed by atoms with Gasteiger partial charge in [0, 0.05) is 0 Å². The number of aromatic amines is 1. The van der Waals surface area contributed by atoms with Gasteiger partial charge in [-0.05, 0) is 47.0 Å². The summed E-state index contributed by atoms with van der Waals surface area (Å²) in [6, 6.07) is 26.2. The summed E-state index contributed by atoms with van der Waals surface area (Å²) in [5, 5.41) is -0.156. The van der Waals surface area contributed by atoms with Crippen LogP contribution in [0.5, 0.6) is 5.75 Å². The van der Waals surface area contributed by atoms with Gasteiger partial charge in [-0.1, -0.05) is 93.6 Å². The molecule has 3 aromatic carbocycles. The maximum Gasteiger partial charge on any atom is 0.330 e. The third kappa shape index (κ3) is 6.37. The number of aromatic nitrogens is 2. The summed E-state index contributed by atoms with van der Waals surface area (Å²) < 4.78 is 57.3. The Labute approximate surface area is 268 Å². The van der Waals surface area contributed by atoms with Crippen molar-refractivity contribution in [3.63, 3.8) is 0 Å². The topological polar surface area (TPSA) is 91.8 Å². The lowest BCUT2D eigenvalue weighted by atomic mass is 9.79. The molecule has 244 valence electrons. The normalized spacial score (nSPS) is 20.5. The summed E-state index contributed by atoms with van der Waals surface area (Å²) in [5.41, 5.74) is -1.43. The van der Waals surface area contributed by atoms with Gasteiger partial charge in [-0.2, -0.15) is 4.39 Å². The summed E-state index contributed by atoms with van der Waals surface area (Å²) >= 11 is 0. The molecule has 0 saturated carbocycles. The van der Waals surface area contributed by atoms with Gasteiger partial charge in [-0.25, -0.2) is 9.18 Å². The number of rotatable bonds is 10. The molecule has 0 amide bonds. The number of nitrogens with one attached hydrogen (secondary N) is 1. The molecule has 8 nitrogen and oxygen atoms in total. The summed E-state index contributed by atoms with van der Waals surface area (Å²) in [6.45, 7) is 10.4. The number of methoxy groups -OCH3 is 1. The van der Waals surface area contributed by atoms with E-state index >= 15 is 4.39 Å². The number of halogens is 2. The van der Waals surface area contributed by atoms with Crippen molar-refractivity contribution in [1.82, 2.24) is 9.55 Å². The van der Waals surface area contributed by atoms with Crippen LogP contribution in [0.25, 0.3) is 0 Å². The van der Waals surface area contributed by atoms with Crippen molar-refractivity contribution in [3.8, 4) is 5.75 Å². The Balaban J connectivity index is 1.68. The van der Waals surface area contributed by atoms with Crippen LogP contribution in [0.2, 0.25) is 18.1 Å². The van der Waals surface area contributed by atoms with Crippen LogP contribution >= 0.6 is 0 Å². The molecule has 1 aliphatic heterocycles. The van der Waals surface area contributed by atoms with E-state index in [1.807, 2.05) is 77.8 Å². The monoisotopic (exact) mass is 650 g/mol. The number of hydrogen-bond acceptors (Lipinski definition) is 6. The van der Waals surface area contributed by atoms with Gasteiger partial charge in [-0.3, -0.25) is 14.3 Å². The van der Waals surface area contributed by atoms with Crippen molar-refractivity contribution in [2.24, 2.45) is 0 Å². The van der Waals surface area contributed by atoms with E-state index in [1.165, 1.54) is 0 Å². The first-order valence-corrected chi connectivity index (χ1v) is 18.1. The largest absolute Gasteiger partial charge is 0.497 e. The van der Waals surface area contributed by atoms with Gasteiger partial charge in [0.05, 0.1) is 19.9 Å². The second kappa shape index (κ2) is 13.1. The number of nitrogens with zero attached hydrogens (tertiary/aromatic N) is 1. The van der Waals surface area contributed by atoms with Crippen molar-refractivity contribution < 1.29 is 27.4 Å². The Bertz CT molecular complexity index is 1700. The van der Waals surface area contributed by atoms with Gasteiger partial charge in [0.25, 0.3) is 5.56 Å². The van der Waals surface area contributed by atoms with Crippen molar-refractivity contribution in [2.75, 3.05) is 13.7 Å². The minimum atomic E-state index is -2.36. The Morgan fingerprint density at radius 3 is 1.96 bits per heavy atom. The van der Waals surface area contributed by atoms with Crippen LogP contribution in [-0.2, 0) is 19.5 Å². The van der Waals surface area contributed by atoms with E-state index < -0.39 is 55.6 Å². The summed E-state index contributed by atoms with van der Waals surface area (Å²) in [4.78, 5) is 26.5. The van der Waals surface area contributed by atoms with Crippen molar-refractivity contribution in [3.05, 3.63) is 134 Å². The molecule has 1 saturated heterocycles. The Hall–Kier alpha value is -3.90. The van der Waals surface area contributed by atoms with Crippen LogP contribution in [0, 0.1) is 5.82 Å². The molecule has 2 heterocycles.